The molecular formula is C17H24FN3. The van der Waals surface area contributed by atoms with E-state index in [1.165, 1.54) is 12.1 Å². The summed E-state index contributed by atoms with van der Waals surface area (Å²) in [4.78, 5) is 0. The number of hydrogen-bond acceptors (Lipinski definition) is 2. The molecule has 0 saturated heterocycles. The van der Waals surface area contributed by atoms with Crippen molar-refractivity contribution in [1.82, 2.24) is 15.1 Å². The number of nitrogens with zero attached hydrogens (tertiary/aromatic N) is 2. The molecular weight excluding hydrogens is 265 g/mol. The Labute approximate surface area is 126 Å². The fourth-order valence-corrected chi connectivity index (χ4v) is 2.71. The first-order chi connectivity index (χ1) is 9.95. The van der Waals surface area contributed by atoms with Crippen LogP contribution in [0.2, 0.25) is 0 Å². The molecule has 0 aliphatic heterocycles. The molecule has 0 aliphatic carbocycles. The normalized spacial score (nSPS) is 13.4. The van der Waals surface area contributed by atoms with Crippen LogP contribution in [0.1, 0.15) is 44.4 Å². The Morgan fingerprint density at radius 1 is 1.29 bits per heavy atom. The molecule has 2 rings (SSSR count). The van der Waals surface area contributed by atoms with E-state index < -0.39 is 0 Å². The second-order valence-corrected chi connectivity index (χ2v) is 6.06. The maximum Gasteiger partial charge on any atom is 0.123 e. The Bertz CT molecular complexity index is 572. The van der Waals surface area contributed by atoms with Crippen molar-refractivity contribution < 1.29 is 4.39 Å². The van der Waals surface area contributed by atoms with Gasteiger partial charge < -0.3 is 5.32 Å². The van der Waals surface area contributed by atoms with E-state index in [4.69, 9.17) is 0 Å². The van der Waals surface area contributed by atoms with Gasteiger partial charge in [0.25, 0.3) is 0 Å². The number of nitrogens with one attached hydrogen (secondary N) is 1. The third-order valence-corrected chi connectivity index (χ3v) is 3.97. The summed E-state index contributed by atoms with van der Waals surface area (Å²) < 4.78 is 15.0. The van der Waals surface area contributed by atoms with Crippen LogP contribution in [0.5, 0.6) is 0 Å². The molecule has 3 nitrogen and oxygen atoms in total. The number of aromatic nitrogens is 2. The van der Waals surface area contributed by atoms with Gasteiger partial charge in [-0.1, -0.05) is 32.9 Å². The van der Waals surface area contributed by atoms with Crippen LogP contribution >= 0.6 is 0 Å². The molecule has 0 aliphatic rings. The maximum atomic E-state index is 13.2. The maximum absolute atomic E-state index is 13.2. The lowest BCUT2D eigenvalue weighted by atomic mass is 9.75. The van der Waals surface area contributed by atoms with Gasteiger partial charge in [0.05, 0.1) is 6.20 Å². The Hall–Kier alpha value is -1.68. The minimum Gasteiger partial charge on any atom is -0.309 e. The molecule has 114 valence electrons. The van der Waals surface area contributed by atoms with E-state index in [0.29, 0.717) is 0 Å². The minimum atomic E-state index is -0.200. The van der Waals surface area contributed by atoms with Crippen molar-refractivity contribution in [3.63, 3.8) is 0 Å². The summed E-state index contributed by atoms with van der Waals surface area (Å²) in [6.07, 6.45) is 5.01. The number of aryl methyl sites for hydroxylation is 1. The molecule has 1 heterocycles. The van der Waals surface area contributed by atoms with Crippen molar-refractivity contribution in [2.75, 3.05) is 6.54 Å². The van der Waals surface area contributed by atoms with Crippen LogP contribution in [0.15, 0.2) is 36.7 Å². The summed E-state index contributed by atoms with van der Waals surface area (Å²) in [5, 5.41) is 7.89. The van der Waals surface area contributed by atoms with Crippen LogP contribution < -0.4 is 5.32 Å². The van der Waals surface area contributed by atoms with Crippen LogP contribution in [0.25, 0.3) is 0 Å². The molecule has 4 heteroatoms. The summed E-state index contributed by atoms with van der Waals surface area (Å²) in [6, 6.07) is 6.92. The molecule has 0 spiro atoms. The highest BCUT2D eigenvalue weighted by atomic mass is 19.1. The first kappa shape index (κ1) is 15.7. The molecule has 0 fully saturated rings. The van der Waals surface area contributed by atoms with Crippen molar-refractivity contribution in [3.8, 4) is 0 Å². The quantitative estimate of drug-likeness (QED) is 0.881. The standard InChI is InChI=1S/C17H24FN3/c1-5-10-19-16(13-11-20-21(4)12-13)17(2,3)14-6-8-15(18)9-7-14/h6-9,11-12,16,19H,5,10H2,1-4H3. The van der Waals surface area contributed by atoms with E-state index in [2.05, 4.69) is 31.2 Å². The molecule has 0 amide bonds. The van der Waals surface area contributed by atoms with Gasteiger partial charge in [0.1, 0.15) is 5.82 Å². The van der Waals surface area contributed by atoms with E-state index in [-0.39, 0.29) is 17.3 Å². The van der Waals surface area contributed by atoms with E-state index in [0.717, 1.165) is 24.1 Å². The fourth-order valence-electron chi connectivity index (χ4n) is 2.71. The molecule has 0 saturated carbocycles. The monoisotopic (exact) mass is 289 g/mol. The van der Waals surface area contributed by atoms with Gasteiger partial charge in [0.15, 0.2) is 0 Å². The van der Waals surface area contributed by atoms with Crippen molar-refractivity contribution in [2.24, 2.45) is 7.05 Å². The van der Waals surface area contributed by atoms with Gasteiger partial charge in [-0.3, -0.25) is 4.68 Å². The van der Waals surface area contributed by atoms with Crippen LogP contribution in [-0.4, -0.2) is 16.3 Å². The summed E-state index contributed by atoms with van der Waals surface area (Å²) in [5.41, 5.74) is 2.10. The molecule has 1 aromatic carbocycles. The van der Waals surface area contributed by atoms with Gasteiger partial charge in [0, 0.05) is 30.3 Å². The Kier molecular flexibility index (Phi) is 4.78. The second-order valence-electron chi connectivity index (χ2n) is 6.06. The van der Waals surface area contributed by atoms with Crippen LogP contribution in [0.4, 0.5) is 4.39 Å². The number of hydrogen-bond donors (Lipinski definition) is 1. The molecule has 2 aromatic rings. The second kappa shape index (κ2) is 6.39. The fraction of sp³-hybridized carbons (Fsp3) is 0.471. The molecule has 0 radical (unpaired) electrons. The average molecular weight is 289 g/mol. The lowest BCUT2D eigenvalue weighted by Crippen LogP contribution is -2.37. The number of rotatable bonds is 6. The zero-order valence-corrected chi connectivity index (χ0v) is 13.2. The smallest absolute Gasteiger partial charge is 0.123 e. The molecule has 1 aromatic heterocycles. The largest absolute Gasteiger partial charge is 0.309 e. The molecule has 0 bridgehead atoms. The zero-order chi connectivity index (χ0) is 15.5. The van der Waals surface area contributed by atoms with Gasteiger partial charge in [0.2, 0.25) is 0 Å². The summed E-state index contributed by atoms with van der Waals surface area (Å²) >= 11 is 0. The predicted octanol–water partition coefficient (Wildman–Crippen LogP) is 3.58. The van der Waals surface area contributed by atoms with Gasteiger partial charge >= 0.3 is 0 Å². The third-order valence-electron chi connectivity index (χ3n) is 3.97. The Balaban J connectivity index is 2.36. The molecule has 1 N–H and O–H groups in total. The van der Waals surface area contributed by atoms with Gasteiger partial charge in [-0.15, -0.1) is 0 Å². The predicted molar refractivity (Wildman–Crippen MR) is 83.7 cm³/mol. The van der Waals surface area contributed by atoms with E-state index in [1.807, 2.05) is 36.3 Å². The first-order valence-electron chi connectivity index (χ1n) is 7.43. The number of halogens is 1. The summed E-state index contributed by atoms with van der Waals surface area (Å²) in [5.74, 6) is -0.200. The SMILES string of the molecule is CCCNC(c1cnn(C)c1)C(C)(C)c1ccc(F)cc1. The van der Waals surface area contributed by atoms with Crippen LogP contribution in [0, 0.1) is 5.82 Å². The summed E-state index contributed by atoms with van der Waals surface area (Å²) in [7, 11) is 1.92. The van der Waals surface area contributed by atoms with Gasteiger partial charge in [-0.25, -0.2) is 4.39 Å². The van der Waals surface area contributed by atoms with Crippen molar-refractivity contribution in [1.29, 1.82) is 0 Å². The first-order valence-corrected chi connectivity index (χ1v) is 7.43. The van der Waals surface area contributed by atoms with Crippen molar-refractivity contribution >= 4 is 0 Å². The summed E-state index contributed by atoms with van der Waals surface area (Å²) in [6.45, 7) is 7.45. The van der Waals surface area contributed by atoms with Crippen molar-refractivity contribution in [2.45, 2.75) is 38.6 Å². The van der Waals surface area contributed by atoms with E-state index in [9.17, 15) is 4.39 Å². The lowest BCUT2D eigenvalue weighted by molar-refractivity contribution is 0.348. The van der Waals surface area contributed by atoms with Crippen LogP contribution in [0.3, 0.4) is 0 Å². The molecule has 1 atom stereocenters. The topological polar surface area (TPSA) is 29.9 Å². The van der Waals surface area contributed by atoms with E-state index in [1.54, 1.807) is 0 Å². The average Bonchev–Trinajstić information content (AvgIpc) is 2.86. The Morgan fingerprint density at radius 2 is 1.95 bits per heavy atom. The molecule has 21 heavy (non-hydrogen) atoms. The minimum absolute atomic E-state index is 0.136. The highest BCUT2D eigenvalue weighted by Gasteiger charge is 2.32. The number of benzene rings is 1. The van der Waals surface area contributed by atoms with Crippen molar-refractivity contribution in [3.05, 3.63) is 53.6 Å². The van der Waals surface area contributed by atoms with Gasteiger partial charge in [-0.2, -0.15) is 5.10 Å². The lowest BCUT2D eigenvalue weighted by Gasteiger charge is -2.35. The third kappa shape index (κ3) is 3.50. The highest BCUT2D eigenvalue weighted by molar-refractivity contribution is 5.30. The zero-order valence-electron chi connectivity index (χ0n) is 13.2. The molecule has 1 unspecified atom stereocenters. The van der Waals surface area contributed by atoms with E-state index >= 15 is 0 Å². The Morgan fingerprint density at radius 3 is 2.48 bits per heavy atom. The van der Waals surface area contributed by atoms with Crippen LogP contribution in [-0.2, 0) is 12.5 Å². The van der Waals surface area contributed by atoms with Gasteiger partial charge in [-0.05, 0) is 30.7 Å². The highest BCUT2D eigenvalue weighted by Crippen LogP contribution is 2.36.